The summed E-state index contributed by atoms with van der Waals surface area (Å²) in [6.07, 6.45) is 1.03. The van der Waals surface area contributed by atoms with Crippen LogP contribution in [0.2, 0.25) is 0 Å². The molecule has 304 valence electrons. The van der Waals surface area contributed by atoms with Crippen molar-refractivity contribution in [2.45, 2.75) is 5.92 Å². The summed E-state index contributed by atoms with van der Waals surface area (Å²) in [4.78, 5) is 14.1. The molecule has 0 saturated heterocycles. The van der Waals surface area contributed by atoms with E-state index in [1.165, 1.54) is 33.4 Å². The molecule has 0 aromatic heterocycles. The molecule has 2 aromatic carbocycles. The molecule has 0 bridgehead atoms. The largest absolute Gasteiger partial charge is 0.499 e. The van der Waals surface area contributed by atoms with E-state index in [4.69, 9.17) is 56.8 Å². The zero-order valence-corrected chi connectivity index (χ0v) is 32.0. The van der Waals surface area contributed by atoms with Gasteiger partial charge in [-0.25, -0.2) is 4.79 Å². The van der Waals surface area contributed by atoms with E-state index in [-0.39, 0.29) is 12.0 Å². The van der Waals surface area contributed by atoms with E-state index < -0.39 is 0 Å². The molecule has 0 atom stereocenters. The Morgan fingerprint density at radius 2 is 0.833 bits per heavy atom. The number of benzene rings is 2. The highest BCUT2D eigenvalue weighted by atomic mass is 16.6. The molecule has 14 heteroatoms. The van der Waals surface area contributed by atoms with Crippen molar-refractivity contribution in [1.29, 1.82) is 0 Å². The molecular weight excluding hydrogens is 702 g/mol. The zero-order chi connectivity index (χ0) is 38.2. The molecule has 1 amide bonds. The van der Waals surface area contributed by atoms with Crippen LogP contribution in [0.25, 0.3) is 11.1 Å². The van der Waals surface area contributed by atoms with E-state index in [2.05, 4.69) is 30.8 Å². The van der Waals surface area contributed by atoms with Gasteiger partial charge in [0, 0.05) is 19.5 Å². The van der Waals surface area contributed by atoms with Gasteiger partial charge in [0.25, 0.3) is 0 Å². The summed E-state index contributed by atoms with van der Waals surface area (Å²) in [5.41, 5.74) is 4.79. The summed E-state index contributed by atoms with van der Waals surface area (Å²) in [6, 6.07) is 16.6. The van der Waals surface area contributed by atoms with Crippen LogP contribution in [0.4, 0.5) is 4.79 Å². The van der Waals surface area contributed by atoms with Gasteiger partial charge in [-0.05, 0) is 22.3 Å². The van der Waals surface area contributed by atoms with E-state index in [1.807, 2.05) is 24.3 Å². The number of hydrogen-bond acceptors (Lipinski definition) is 13. The number of likely N-dealkylation sites (N-methyl/N-ethyl adjacent to an activating group) is 1. The van der Waals surface area contributed by atoms with Crippen LogP contribution in [0.15, 0.2) is 61.4 Å². The second kappa shape index (κ2) is 31.1. The topological polar surface area (TPSA) is 131 Å². The number of ether oxygens (including phenoxy) is 12. The average Bonchev–Trinajstić information content (AvgIpc) is 3.52. The highest BCUT2D eigenvalue weighted by Crippen LogP contribution is 2.44. The fourth-order valence-electron chi connectivity index (χ4n) is 5.27. The van der Waals surface area contributed by atoms with Crippen LogP contribution < -0.4 is 0 Å². The van der Waals surface area contributed by atoms with Crippen LogP contribution >= 0.6 is 0 Å². The molecule has 1 aliphatic carbocycles. The SMILES string of the molecule is C=COCCOCCOCCOCCOCCOCCOCCOCCOCCOCCOCCN(C)C(=O)OCC1c2ccccc2-c2ccccc21. The van der Waals surface area contributed by atoms with Gasteiger partial charge in [-0.3, -0.25) is 0 Å². The van der Waals surface area contributed by atoms with Crippen LogP contribution in [0.3, 0.4) is 0 Å². The fourth-order valence-corrected chi connectivity index (χ4v) is 5.27. The van der Waals surface area contributed by atoms with E-state index in [9.17, 15) is 4.79 Å². The van der Waals surface area contributed by atoms with Crippen molar-refractivity contribution >= 4 is 6.09 Å². The van der Waals surface area contributed by atoms with Crippen molar-refractivity contribution < 1.29 is 61.6 Å². The van der Waals surface area contributed by atoms with Crippen LogP contribution in [0.1, 0.15) is 17.0 Å². The van der Waals surface area contributed by atoms with E-state index in [0.29, 0.717) is 152 Å². The van der Waals surface area contributed by atoms with Gasteiger partial charge in [-0.2, -0.15) is 0 Å². The lowest BCUT2D eigenvalue weighted by molar-refractivity contribution is -0.0270. The van der Waals surface area contributed by atoms with Gasteiger partial charge in [0.2, 0.25) is 0 Å². The maximum Gasteiger partial charge on any atom is 0.409 e. The van der Waals surface area contributed by atoms with E-state index in [1.54, 1.807) is 7.05 Å². The molecule has 0 spiro atoms. The molecule has 0 aliphatic heterocycles. The molecule has 14 nitrogen and oxygen atoms in total. The smallest absolute Gasteiger partial charge is 0.409 e. The minimum Gasteiger partial charge on any atom is -0.499 e. The third kappa shape index (κ3) is 20.0. The van der Waals surface area contributed by atoms with E-state index in [0.717, 1.165) is 0 Å². The Bertz CT molecular complexity index is 1190. The average molecular weight is 764 g/mol. The Labute approximate surface area is 320 Å². The Hall–Kier alpha value is -3.15. The van der Waals surface area contributed by atoms with Crippen LogP contribution in [-0.2, 0) is 56.8 Å². The third-order valence-electron chi connectivity index (χ3n) is 8.03. The molecule has 0 radical (unpaired) electrons. The van der Waals surface area contributed by atoms with Gasteiger partial charge >= 0.3 is 6.09 Å². The minimum absolute atomic E-state index is 0.0380. The number of fused-ring (bicyclic) bond motifs is 3. The second-order valence-electron chi connectivity index (χ2n) is 11.9. The quantitative estimate of drug-likeness (QED) is 0.0727. The molecule has 2 aromatic rings. The summed E-state index contributed by atoms with van der Waals surface area (Å²) in [6.45, 7) is 14.4. The number of carbonyl (C=O) groups excluding carboxylic acids is 1. The summed E-state index contributed by atoms with van der Waals surface area (Å²) in [5.74, 6) is 0.0380. The highest BCUT2D eigenvalue weighted by Gasteiger charge is 2.29. The van der Waals surface area contributed by atoms with Crippen molar-refractivity contribution in [2.75, 3.05) is 159 Å². The standard InChI is InChI=1S/C40H61NO13/c1-3-43-14-15-45-18-19-47-22-23-49-26-27-51-30-31-53-33-32-52-29-28-50-25-24-48-21-20-46-17-16-44-13-12-41(2)40(42)54-34-39-37-10-6-4-8-35(37)36-9-5-7-11-38(36)39/h3-11,39H,1,12-34H2,2H3. The maximum absolute atomic E-state index is 12.6. The van der Waals surface area contributed by atoms with Gasteiger partial charge in [0.1, 0.15) is 13.2 Å². The number of hydrogen-bond donors (Lipinski definition) is 0. The second-order valence-corrected chi connectivity index (χ2v) is 11.9. The first-order valence-corrected chi connectivity index (χ1v) is 18.8. The highest BCUT2D eigenvalue weighted by molar-refractivity contribution is 5.79. The van der Waals surface area contributed by atoms with Crippen molar-refractivity contribution in [2.24, 2.45) is 0 Å². The summed E-state index contributed by atoms with van der Waals surface area (Å²) in [7, 11) is 1.71. The number of carbonyl (C=O) groups is 1. The molecule has 0 N–H and O–H groups in total. The predicted molar refractivity (Wildman–Crippen MR) is 202 cm³/mol. The lowest BCUT2D eigenvalue weighted by atomic mass is 9.98. The first-order valence-electron chi connectivity index (χ1n) is 18.8. The minimum atomic E-state index is -0.365. The molecule has 0 unspecified atom stereocenters. The predicted octanol–water partition coefficient (Wildman–Crippen LogP) is 4.19. The summed E-state index contributed by atoms with van der Waals surface area (Å²) >= 11 is 0. The van der Waals surface area contributed by atoms with Crippen molar-refractivity contribution in [1.82, 2.24) is 4.90 Å². The van der Waals surface area contributed by atoms with Crippen molar-refractivity contribution in [3.05, 3.63) is 72.5 Å². The number of nitrogens with zero attached hydrogens (tertiary/aromatic N) is 1. The molecule has 54 heavy (non-hydrogen) atoms. The molecular formula is C40H61NO13. The first kappa shape index (κ1) is 45.2. The monoisotopic (exact) mass is 763 g/mol. The van der Waals surface area contributed by atoms with E-state index >= 15 is 0 Å². The summed E-state index contributed by atoms with van der Waals surface area (Å²) < 4.78 is 65.5. The lowest BCUT2D eigenvalue weighted by Crippen LogP contribution is -2.32. The van der Waals surface area contributed by atoms with Crippen LogP contribution in [0, 0.1) is 0 Å². The molecule has 1 aliphatic rings. The fraction of sp³-hybridized carbons (Fsp3) is 0.625. The van der Waals surface area contributed by atoms with Crippen molar-refractivity contribution in [3.63, 3.8) is 0 Å². The molecule has 0 heterocycles. The van der Waals surface area contributed by atoms with Gasteiger partial charge in [-0.1, -0.05) is 55.1 Å². The Kier molecular flexibility index (Phi) is 26.1. The van der Waals surface area contributed by atoms with Gasteiger partial charge in [0.15, 0.2) is 0 Å². The molecule has 3 rings (SSSR count). The number of rotatable bonds is 36. The van der Waals surface area contributed by atoms with Gasteiger partial charge < -0.3 is 61.7 Å². The van der Waals surface area contributed by atoms with Crippen LogP contribution in [-0.4, -0.2) is 170 Å². The lowest BCUT2D eigenvalue weighted by Gasteiger charge is -2.19. The Morgan fingerprint density at radius 3 is 1.19 bits per heavy atom. The molecule has 0 saturated carbocycles. The maximum atomic E-state index is 12.6. The third-order valence-corrected chi connectivity index (χ3v) is 8.03. The van der Waals surface area contributed by atoms with Gasteiger partial charge in [0.05, 0.1) is 138 Å². The van der Waals surface area contributed by atoms with Crippen molar-refractivity contribution in [3.8, 4) is 11.1 Å². The number of amides is 1. The zero-order valence-electron chi connectivity index (χ0n) is 32.0. The Morgan fingerprint density at radius 1 is 0.519 bits per heavy atom. The first-order chi connectivity index (χ1) is 26.7. The normalized spacial score (nSPS) is 12.1. The summed E-state index contributed by atoms with van der Waals surface area (Å²) in [5, 5.41) is 0. The Balaban J connectivity index is 0.974. The van der Waals surface area contributed by atoms with Gasteiger partial charge in [-0.15, -0.1) is 0 Å². The van der Waals surface area contributed by atoms with Crippen LogP contribution in [0.5, 0.6) is 0 Å². The molecule has 0 fully saturated rings.